The number of carboxylic acid groups (broad SMARTS) is 1. The highest BCUT2D eigenvalue weighted by molar-refractivity contribution is 5.74. The number of benzene rings is 5. The van der Waals surface area contributed by atoms with Gasteiger partial charge >= 0.3 is 5.97 Å². The van der Waals surface area contributed by atoms with E-state index in [-0.39, 0.29) is 6.54 Å². The number of nitrogens with zero attached hydrogens (tertiary/aromatic N) is 3. The summed E-state index contributed by atoms with van der Waals surface area (Å²) in [6.45, 7) is 5.92. The largest absolute Gasteiger partial charge is 0.493 e. The Kier molecular flexibility index (Phi) is 14.2. The molecule has 0 bridgehead atoms. The van der Waals surface area contributed by atoms with Crippen molar-refractivity contribution in [1.82, 2.24) is 14.9 Å². The van der Waals surface area contributed by atoms with Crippen LogP contribution in [0, 0.1) is 13.8 Å². The monoisotopic (exact) mass is 763 g/mol. The first kappa shape index (κ1) is 39.9. The van der Waals surface area contributed by atoms with E-state index < -0.39 is 5.97 Å². The summed E-state index contributed by atoms with van der Waals surface area (Å²) in [7, 11) is 0. The van der Waals surface area contributed by atoms with Gasteiger partial charge in [-0.25, -0.2) is 9.97 Å². The van der Waals surface area contributed by atoms with E-state index in [1.165, 1.54) is 0 Å². The van der Waals surface area contributed by atoms with Crippen molar-refractivity contribution in [3.8, 4) is 34.4 Å². The van der Waals surface area contributed by atoms with Crippen LogP contribution in [0.5, 0.6) is 11.5 Å². The first-order valence-electron chi connectivity index (χ1n) is 18.7. The van der Waals surface area contributed by atoms with Crippen molar-refractivity contribution in [1.29, 1.82) is 0 Å². The maximum atomic E-state index is 11.3. The second-order valence-electron chi connectivity index (χ2n) is 13.3. The zero-order chi connectivity index (χ0) is 39.8. The third-order valence-corrected chi connectivity index (χ3v) is 9.00. The van der Waals surface area contributed by atoms with E-state index in [2.05, 4.69) is 9.97 Å². The Labute approximate surface area is 332 Å². The van der Waals surface area contributed by atoms with Crippen LogP contribution < -0.4 is 9.47 Å². The van der Waals surface area contributed by atoms with Crippen molar-refractivity contribution in [2.45, 2.75) is 39.8 Å². The topological polar surface area (TPSA) is 128 Å². The predicted molar refractivity (Wildman–Crippen MR) is 218 cm³/mol. The molecule has 0 amide bonds. The summed E-state index contributed by atoms with van der Waals surface area (Å²) in [6.07, 6.45) is 2.12. The quantitative estimate of drug-likeness (QED) is 0.0896. The zero-order valence-electron chi connectivity index (χ0n) is 32.0. The number of oxazole rings is 2. The number of hydrogen-bond acceptors (Lipinski definition) is 9. The summed E-state index contributed by atoms with van der Waals surface area (Å²) in [5.41, 5.74) is 6.46. The van der Waals surface area contributed by atoms with Gasteiger partial charge in [0, 0.05) is 42.6 Å². The van der Waals surface area contributed by atoms with E-state index in [9.17, 15) is 14.7 Å². The second-order valence-corrected chi connectivity index (χ2v) is 13.3. The lowest BCUT2D eigenvalue weighted by Crippen LogP contribution is -2.28. The van der Waals surface area contributed by atoms with Gasteiger partial charge in [0.15, 0.2) is 0 Å². The fourth-order valence-electron chi connectivity index (χ4n) is 6.05. The molecule has 0 aliphatic heterocycles. The van der Waals surface area contributed by atoms with Crippen LogP contribution in [0.1, 0.15) is 44.4 Å². The summed E-state index contributed by atoms with van der Waals surface area (Å²) < 4.78 is 23.1. The fraction of sp³-hybridized carbons (Fsp3) is 0.191. The van der Waals surface area contributed by atoms with Crippen LogP contribution in [0.3, 0.4) is 0 Å². The maximum absolute atomic E-state index is 11.3. The van der Waals surface area contributed by atoms with Crippen molar-refractivity contribution in [3.05, 3.63) is 179 Å². The molecule has 0 saturated carbocycles. The lowest BCUT2D eigenvalue weighted by Gasteiger charge is -2.20. The van der Waals surface area contributed by atoms with Gasteiger partial charge in [0.05, 0.1) is 31.1 Å². The van der Waals surface area contributed by atoms with Gasteiger partial charge in [0.1, 0.15) is 29.3 Å². The predicted octanol–water partition coefficient (Wildman–Crippen LogP) is 9.44. The van der Waals surface area contributed by atoms with Crippen LogP contribution >= 0.6 is 0 Å². The Hall–Kier alpha value is -6.78. The lowest BCUT2D eigenvalue weighted by molar-refractivity contribution is -0.138. The normalized spacial score (nSPS) is 10.8. The van der Waals surface area contributed by atoms with Gasteiger partial charge in [0.2, 0.25) is 11.8 Å². The highest BCUT2D eigenvalue weighted by Crippen LogP contribution is 2.24. The van der Waals surface area contributed by atoms with Gasteiger partial charge in [-0.05, 0) is 85.6 Å². The summed E-state index contributed by atoms with van der Waals surface area (Å²) in [5, 5.41) is 9.29. The molecule has 10 nitrogen and oxygen atoms in total. The van der Waals surface area contributed by atoms with Crippen LogP contribution in [-0.2, 0) is 30.7 Å². The van der Waals surface area contributed by atoms with Crippen molar-refractivity contribution in [3.63, 3.8) is 0 Å². The van der Waals surface area contributed by atoms with E-state index in [0.29, 0.717) is 56.5 Å². The molecule has 0 unspecified atom stereocenters. The summed E-state index contributed by atoms with van der Waals surface area (Å²) in [4.78, 5) is 33.0. The van der Waals surface area contributed by atoms with Crippen LogP contribution in [-0.4, -0.2) is 52.0 Å². The van der Waals surface area contributed by atoms with E-state index in [4.69, 9.17) is 18.3 Å². The number of ether oxygens (including phenoxy) is 2. The molecule has 7 rings (SSSR count). The number of aromatic nitrogens is 2. The van der Waals surface area contributed by atoms with Crippen LogP contribution in [0.25, 0.3) is 22.9 Å². The molecule has 2 heterocycles. The first-order valence-corrected chi connectivity index (χ1v) is 18.7. The van der Waals surface area contributed by atoms with Crippen molar-refractivity contribution in [2.24, 2.45) is 0 Å². The Morgan fingerprint density at radius 1 is 0.614 bits per heavy atom. The molecule has 57 heavy (non-hydrogen) atoms. The van der Waals surface area contributed by atoms with Gasteiger partial charge in [-0.2, -0.15) is 0 Å². The average Bonchev–Trinajstić information content (AvgIpc) is 3.80. The third-order valence-electron chi connectivity index (χ3n) is 9.00. The van der Waals surface area contributed by atoms with E-state index in [1.807, 2.05) is 134 Å². The molecule has 0 saturated heterocycles. The maximum Gasteiger partial charge on any atom is 0.317 e. The average molecular weight is 764 g/mol. The highest BCUT2D eigenvalue weighted by Gasteiger charge is 2.14. The van der Waals surface area contributed by atoms with Crippen molar-refractivity contribution < 1.29 is 33.0 Å². The van der Waals surface area contributed by atoms with E-state index in [0.717, 1.165) is 62.9 Å². The molecule has 7 aromatic rings. The number of carbonyl (C=O) groups excluding carboxylic acids is 1. The standard InChI is InChI=1S/C28H28N2O4.C19H17NO3/c1-21-26(29-28(34-21)24-10-6-3-7-11-24)16-17-33-25-14-12-23(13-15-25)19-30(20-27(31)32)18-22-8-4-2-5-9-22;1-14-18(20-19(23-14)16-5-3-2-4-6-16)11-12-22-17-9-7-15(13-21)8-10-17/h2-15H,16-20H2,1H3,(H,31,32);2-10,13H,11-12H2,1H3. The van der Waals surface area contributed by atoms with Gasteiger partial charge < -0.3 is 23.4 Å². The Balaban J connectivity index is 0.000000208. The van der Waals surface area contributed by atoms with Gasteiger partial charge in [-0.15, -0.1) is 0 Å². The number of aldehydes is 1. The van der Waals surface area contributed by atoms with Crippen LogP contribution in [0.2, 0.25) is 0 Å². The first-order chi connectivity index (χ1) is 27.8. The molecule has 0 aliphatic rings. The van der Waals surface area contributed by atoms with Crippen molar-refractivity contribution in [2.75, 3.05) is 19.8 Å². The summed E-state index contributed by atoms with van der Waals surface area (Å²) in [6, 6.07) is 44.4. The number of aryl methyl sites for hydroxylation is 2. The third kappa shape index (κ3) is 12.1. The molecule has 0 atom stereocenters. The Morgan fingerprint density at radius 3 is 1.47 bits per heavy atom. The molecular formula is C47H45N3O7. The summed E-state index contributed by atoms with van der Waals surface area (Å²) in [5.74, 6) is 3.53. The van der Waals surface area contributed by atoms with Crippen LogP contribution in [0.4, 0.5) is 0 Å². The molecule has 0 fully saturated rings. The van der Waals surface area contributed by atoms with Gasteiger partial charge in [-0.1, -0.05) is 78.9 Å². The smallest absolute Gasteiger partial charge is 0.317 e. The number of carbonyl (C=O) groups is 2. The zero-order valence-corrected chi connectivity index (χ0v) is 32.0. The summed E-state index contributed by atoms with van der Waals surface area (Å²) >= 11 is 0. The highest BCUT2D eigenvalue weighted by atomic mass is 16.5. The van der Waals surface area contributed by atoms with E-state index >= 15 is 0 Å². The molecule has 2 aromatic heterocycles. The molecule has 0 aliphatic carbocycles. The number of hydrogen-bond donors (Lipinski definition) is 1. The lowest BCUT2D eigenvalue weighted by atomic mass is 10.1. The molecule has 0 radical (unpaired) electrons. The van der Waals surface area contributed by atoms with Crippen molar-refractivity contribution >= 4 is 12.3 Å². The Bertz CT molecular complexity index is 2290. The number of rotatable bonds is 17. The number of aliphatic carboxylic acids is 1. The van der Waals surface area contributed by atoms with Gasteiger partial charge in [-0.3, -0.25) is 14.5 Å². The second kappa shape index (κ2) is 20.2. The number of carboxylic acids is 1. The van der Waals surface area contributed by atoms with Crippen LogP contribution in [0.15, 0.2) is 148 Å². The van der Waals surface area contributed by atoms with Gasteiger partial charge in [0.25, 0.3) is 0 Å². The minimum absolute atomic E-state index is 0.0187. The minimum atomic E-state index is -0.838. The Morgan fingerprint density at radius 2 is 1.04 bits per heavy atom. The molecule has 0 spiro atoms. The molecule has 5 aromatic carbocycles. The van der Waals surface area contributed by atoms with E-state index in [1.54, 1.807) is 24.3 Å². The molecular weight excluding hydrogens is 719 g/mol. The molecule has 290 valence electrons. The fourth-order valence-corrected chi connectivity index (χ4v) is 6.05. The molecule has 1 N–H and O–H groups in total. The SMILES string of the molecule is Cc1oc(-c2ccccc2)nc1CCOc1ccc(C=O)cc1.Cc1oc(-c2ccccc2)nc1CCOc1ccc(CN(CC(=O)O)Cc2ccccc2)cc1. The minimum Gasteiger partial charge on any atom is -0.493 e. The molecule has 10 heteroatoms.